The van der Waals surface area contributed by atoms with E-state index in [-0.39, 0.29) is 5.92 Å². The fraction of sp³-hybridized carbons (Fsp3) is 0.611. The fourth-order valence-electron chi connectivity index (χ4n) is 3.70. The molecule has 114 valence electrons. The summed E-state index contributed by atoms with van der Waals surface area (Å²) in [6, 6.07) is 8.39. The van der Waals surface area contributed by atoms with Gasteiger partial charge in [-0.25, -0.2) is 0 Å². The van der Waals surface area contributed by atoms with Crippen molar-refractivity contribution in [2.24, 2.45) is 11.8 Å². The van der Waals surface area contributed by atoms with Crippen LogP contribution in [0.15, 0.2) is 28.7 Å². The number of hydrogen-bond acceptors (Lipinski definition) is 1. The summed E-state index contributed by atoms with van der Waals surface area (Å²) in [7, 11) is 1.99. The summed E-state index contributed by atoms with van der Waals surface area (Å²) in [5, 5.41) is 0. The van der Waals surface area contributed by atoms with E-state index in [9.17, 15) is 4.79 Å². The van der Waals surface area contributed by atoms with Crippen LogP contribution >= 0.6 is 15.9 Å². The Morgan fingerprint density at radius 2 is 2.05 bits per heavy atom. The van der Waals surface area contributed by atoms with Crippen molar-refractivity contribution in [3.05, 3.63) is 34.3 Å². The first-order valence-corrected chi connectivity index (χ1v) is 8.95. The van der Waals surface area contributed by atoms with E-state index in [0.29, 0.717) is 11.8 Å². The molecule has 0 heterocycles. The molecule has 3 rings (SSSR count). The summed E-state index contributed by atoms with van der Waals surface area (Å²) in [4.78, 5) is 14.6. The predicted molar refractivity (Wildman–Crippen MR) is 89.2 cm³/mol. The van der Waals surface area contributed by atoms with Crippen LogP contribution in [0.5, 0.6) is 0 Å². The quantitative estimate of drug-likeness (QED) is 0.778. The average molecular weight is 350 g/mol. The summed E-state index contributed by atoms with van der Waals surface area (Å²) in [6.45, 7) is 0.959. The van der Waals surface area contributed by atoms with Gasteiger partial charge in [-0.1, -0.05) is 47.3 Å². The minimum Gasteiger partial charge on any atom is -0.345 e. The maximum Gasteiger partial charge on any atom is 0.226 e. The molecule has 0 aromatic heterocycles. The number of rotatable bonds is 4. The van der Waals surface area contributed by atoms with E-state index in [1.54, 1.807) is 0 Å². The van der Waals surface area contributed by atoms with E-state index in [4.69, 9.17) is 0 Å². The number of amides is 1. The van der Waals surface area contributed by atoms with Crippen molar-refractivity contribution in [1.29, 1.82) is 0 Å². The molecule has 1 aromatic rings. The molecule has 2 nitrogen and oxygen atoms in total. The molecule has 0 radical (unpaired) electrons. The third kappa shape index (κ3) is 3.68. The molecule has 1 aromatic carbocycles. The van der Waals surface area contributed by atoms with Gasteiger partial charge in [0.05, 0.1) is 0 Å². The molecule has 0 aliphatic heterocycles. The number of carbonyl (C=O) groups is 1. The van der Waals surface area contributed by atoms with Crippen molar-refractivity contribution >= 4 is 21.8 Å². The second-order valence-corrected chi connectivity index (χ2v) is 7.64. The van der Waals surface area contributed by atoms with Crippen molar-refractivity contribution < 1.29 is 4.79 Å². The van der Waals surface area contributed by atoms with Gasteiger partial charge in [0, 0.05) is 24.0 Å². The van der Waals surface area contributed by atoms with E-state index >= 15 is 0 Å². The van der Waals surface area contributed by atoms with Crippen molar-refractivity contribution in [1.82, 2.24) is 4.90 Å². The van der Waals surface area contributed by atoms with Crippen LogP contribution in [0.4, 0.5) is 0 Å². The lowest BCUT2D eigenvalue weighted by Crippen LogP contribution is -2.33. The highest BCUT2D eigenvalue weighted by Gasteiger charge is 2.45. The number of hydrogen-bond donors (Lipinski definition) is 0. The van der Waals surface area contributed by atoms with Crippen LogP contribution in [0, 0.1) is 11.8 Å². The zero-order valence-electron chi connectivity index (χ0n) is 12.7. The van der Waals surface area contributed by atoms with Gasteiger partial charge in [0.15, 0.2) is 0 Å². The van der Waals surface area contributed by atoms with Crippen molar-refractivity contribution in [3.8, 4) is 0 Å². The van der Waals surface area contributed by atoms with E-state index in [1.807, 2.05) is 18.0 Å². The van der Waals surface area contributed by atoms with Crippen molar-refractivity contribution in [3.63, 3.8) is 0 Å². The van der Waals surface area contributed by atoms with Crippen LogP contribution in [0.3, 0.4) is 0 Å². The fourth-order valence-corrected chi connectivity index (χ4v) is 4.12. The lowest BCUT2D eigenvalue weighted by atomic mass is 9.89. The summed E-state index contributed by atoms with van der Waals surface area (Å²) >= 11 is 3.51. The van der Waals surface area contributed by atoms with Gasteiger partial charge in [-0.2, -0.15) is 0 Å². The third-order valence-corrected chi connectivity index (χ3v) is 5.51. The molecule has 0 bridgehead atoms. The molecule has 0 N–H and O–H groups in total. The smallest absolute Gasteiger partial charge is 0.226 e. The number of halogens is 1. The van der Waals surface area contributed by atoms with Crippen LogP contribution in [-0.4, -0.2) is 24.4 Å². The first-order chi connectivity index (χ1) is 10.1. The second-order valence-electron chi connectivity index (χ2n) is 6.73. The van der Waals surface area contributed by atoms with E-state index in [2.05, 4.69) is 34.1 Å². The van der Waals surface area contributed by atoms with Gasteiger partial charge >= 0.3 is 0 Å². The van der Waals surface area contributed by atoms with Crippen molar-refractivity contribution in [2.45, 2.75) is 44.4 Å². The van der Waals surface area contributed by atoms with Gasteiger partial charge < -0.3 is 4.90 Å². The molecule has 2 atom stereocenters. The Hall–Kier alpha value is -0.830. The van der Waals surface area contributed by atoms with Crippen LogP contribution in [0.1, 0.15) is 50.0 Å². The number of nitrogens with zero attached hydrogens (tertiary/aromatic N) is 1. The van der Waals surface area contributed by atoms with Gasteiger partial charge in [-0.05, 0) is 48.8 Å². The lowest BCUT2D eigenvalue weighted by Gasteiger charge is -2.27. The Bertz CT molecular complexity index is 510. The molecular formula is C18H24BrNO. The van der Waals surface area contributed by atoms with Crippen molar-refractivity contribution in [2.75, 3.05) is 13.6 Å². The van der Waals surface area contributed by atoms with E-state index < -0.39 is 0 Å². The number of benzene rings is 1. The van der Waals surface area contributed by atoms with Gasteiger partial charge in [-0.3, -0.25) is 4.79 Å². The molecule has 2 saturated carbocycles. The van der Waals surface area contributed by atoms with E-state index in [1.165, 1.54) is 37.7 Å². The first-order valence-electron chi connectivity index (χ1n) is 8.15. The highest BCUT2D eigenvalue weighted by molar-refractivity contribution is 9.10. The summed E-state index contributed by atoms with van der Waals surface area (Å²) in [6.07, 6.45) is 7.69. The van der Waals surface area contributed by atoms with Crippen LogP contribution in [0.25, 0.3) is 0 Å². The Morgan fingerprint density at radius 3 is 2.76 bits per heavy atom. The molecule has 0 saturated heterocycles. The Kier molecular flexibility index (Phi) is 4.68. The van der Waals surface area contributed by atoms with Crippen LogP contribution in [0.2, 0.25) is 0 Å². The zero-order chi connectivity index (χ0) is 14.8. The van der Waals surface area contributed by atoms with Crippen LogP contribution < -0.4 is 0 Å². The first kappa shape index (κ1) is 15.1. The molecule has 0 spiro atoms. The maximum absolute atomic E-state index is 12.6. The topological polar surface area (TPSA) is 20.3 Å². The highest BCUT2D eigenvalue weighted by atomic mass is 79.9. The minimum absolute atomic E-state index is 0.216. The summed E-state index contributed by atoms with van der Waals surface area (Å²) in [5.41, 5.74) is 1.30. The minimum atomic E-state index is 0.216. The van der Waals surface area contributed by atoms with Gasteiger partial charge in [-0.15, -0.1) is 0 Å². The standard InChI is InChI=1S/C18H24BrNO/c1-20(12-13-6-3-2-4-7-13)18(21)17-11-16(17)14-8-5-9-15(19)10-14/h5,8-10,13,16-17H,2-4,6-7,11-12H2,1H3. The second kappa shape index (κ2) is 6.51. The largest absolute Gasteiger partial charge is 0.345 e. The molecule has 2 aliphatic rings. The van der Waals surface area contributed by atoms with Gasteiger partial charge in [0.1, 0.15) is 0 Å². The third-order valence-electron chi connectivity index (χ3n) is 5.02. The predicted octanol–water partition coefficient (Wildman–Crippen LogP) is 4.59. The van der Waals surface area contributed by atoms with E-state index in [0.717, 1.165) is 23.4 Å². The number of carbonyl (C=O) groups excluding carboxylic acids is 1. The maximum atomic E-state index is 12.6. The molecular weight excluding hydrogens is 326 g/mol. The Labute approximate surface area is 136 Å². The summed E-state index contributed by atoms with van der Waals surface area (Å²) < 4.78 is 1.11. The Balaban J connectivity index is 1.54. The average Bonchev–Trinajstić information content (AvgIpc) is 3.28. The summed E-state index contributed by atoms with van der Waals surface area (Å²) in [5.74, 6) is 1.73. The molecule has 1 amide bonds. The molecule has 2 aliphatic carbocycles. The zero-order valence-corrected chi connectivity index (χ0v) is 14.3. The highest BCUT2D eigenvalue weighted by Crippen LogP contribution is 2.48. The van der Waals surface area contributed by atoms with Crippen LogP contribution in [-0.2, 0) is 4.79 Å². The molecule has 2 unspecified atom stereocenters. The molecule has 3 heteroatoms. The lowest BCUT2D eigenvalue weighted by molar-refractivity contribution is -0.132. The SMILES string of the molecule is CN(CC1CCCCC1)C(=O)C1CC1c1cccc(Br)c1. The molecule has 2 fully saturated rings. The monoisotopic (exact) mass is 349 g/mol. The normalized spacial score (nSPS) is 25.6. The van der Waals surface area contributed by atoms with Gasteiger partial charge in [0.2, 0.25) is 5.91 Å². The van der Waals surface area contributed by atoms with Gasteiger partial charge in [0.25, 0.3) is 0 Å². The Morgan fingerprint density at radius 1 is 1.29 bits per heavy atom. The molecule has 21 heavy (non-hydrogen) atoms.